The van der Waals surface area contributed by atoms with Crippen LogP contribution in [0, 0.1) is 6.92 Å². The van der Waals surface area contributed by atoms with E-state index < -0.39 is 7.60 Å². The van der Waals surface area contributed by atoms with Crippen LogP contribution in [0.25, 0.3) is 0 Å². The zero-order chi connectivity index (χ0) is 9.19. The molecule has 0 aromatic heterocycles. The van der Waals surface area contributed by atoms with Gasteiger partial charge in [-0.15, -0.1) is 0 Å². The van der Waals surface area contributed by atoms with Gasteiger partial charge in [0.2, 0.25) is 0 Å². The van der Waals surface area contributed by atoms with Crippen molar-refractivity contribution >= 4 is 56.5 Å². The van der Waals surface area contributed by atoms with Gasteiger partial charge in [-0.3, -0.25) is 4.57 Å². The first-order chi connectivity index (χ1) is 5.49. The van der Waals surface area contributed by atoms with E-state index >= 15 is 0 Å². The third kappa shape index (κ3) is 5.40. The quantitative estimate of drug-likeness (QED) is 0.640. The number of rotatable bonds is 2. The first-order valence-corrected chi connectivity index (χ1v) is 5.38. The van der Waals surface area contributed by atoms with Gasteiger partial charge in [0.25, 0.3) is 0 Å². The molecule has 0 atom stereocenters. The molecule has 0 aliphatic rings. The van der Waals surface area contributed by atoms with Crippen molar-refractivity contribution in [2.75, 3.05) is 0 Å². The Balaban J connectivity index is -0.000000480. The second-order valence-electron chi connectivity index (χ2n) is 2.75. The molecule has 1 aromatic carbocycles. The molecule has 0 radical (unpaired) electrons. The third-order valence-corrected chi connectivity index (χ3v) is 2.39. The van der Waals surface area contributed by atoms with E-state index in [1.54, 1.807) is 12.1 Å². The van der Waals surface area contributed by atoms with Crippen molar-refractivity contribution in [1.29, 1.82) is 0 Å². The third-order valence-electron chi connectivity index (χ3n) is 1.64. The normalized spacial score (nSPS) is 10.7. The average Bonchev–Trinajstić information content (AvgIpc) is 1.91. The molecule has 3 nitrogen and oxygen atoms in total. The van der Waals surface area contributed by atoms with E-state index in [1.807, 2.05) is 19.1 Å². The van der Waals surface area contributed by atoms with Crippen LogP contribution in [0.4, 0.5) is 0 Å². The summed E-state index contributed by atoms with van der Waals surface area (Å²) in [6.07, 6.45) is -0.167. The fourth-order valence-electron chi connectivity index (χ4n) is 1.01. The molecule has 1 aromatic rings. The summed E-state index contributed by atoms with van der Waals surface area (Å²) >= 11 is 0. The fraction of sp³-hybridized carbons (Fsp3) is 0.250. The average molecular weight is 325 g/mol. The summed E-state index contributed by atoms with van der Waals surface area (Å²) < 4.78 is 10.6. The Labute approximate surface area is 121 Å². The predicted octanol–water partition coefficient (Wildman–Crippen LogP) is 1.52. The summed E-state index contributed by atoms with van der Waals surface area (Å²) in [5.74, 6) is 0. The monoisotopic (exact) mass is 326 g/mol. The molecule has 70 valence electrons. The molecule has 0 spiro atoms. The van der Waals surface area contributed by atoms with Gasteiger partial charge in [-0.25, -0.2) is 0 Å². The number of hydrogen-bond acceptors (Lipinski definition) is 1. The second-order valence-corrected chi connectivity index (χ2v) is 4.39. The van der Waals surface area contributed by atoms with Gasteiger partial charge in [0.05, 0.1) is 6.16 Å². The zero-order valence-electron chi connectivity index (χ0n) is 9.47. The van der Waals surface area contributed by atoms with Gasteiger partial charge in [0.15, 0.2) is 0 Å². The van der Waals surface area contributed by atoms with Crippen LogP contribution in [0.5, 0.6) is 0 Å². The molecule has 0 aliphatic carbocycles. The molecule has 13 heavy (non-hydrogen) atoms. The van der Waals surface area contributed by atoms with Gasteiger partial charge < -0.3 is 12.6 Å². The topological polar surface area (TPSA) is 57.5 Å². The first-order valence-electron chi connectivity index (χ1n) is 3.58. The molecule has 2 N–H and O–H groups in total. The molecule has 0 amide bonds. The predicted molar refractivity (Wildman–Crippen MR) is 54.9 cm³/mol. The van der Waals surface area contributed by atoms with E-state index in [0.717, 1.165) is 5.56 Å². The molecule has 0 saturated heterocycles. The smallest absolute Gasteiger partial charge is 1.00 e. The van der Waals surface area contributed by atoms with E-state index in [9.17, 15) is 4.57 Å². The van der Waals surface area contributed by atoms with E-state index in [0.29, 0.717) is 5.56 Å². The molecule has 0 bridgehead atoms. The van der Waals surface area contributed by atoms with Crippen molar-refractivity contribution in [3.05, 3.63) is 35.4 Å². The molecule has 0 saturated carbocycles. The molecule has 0 heterocycles. The minimum absolute atomic E-state index is 0. The Kier molecular flexibility index (Phi) is 6.15. The number of benzene rings is 1. The molecule has 0 fully saturated rings. The van der Waals surface area contributed by atoms with Crippen molar-refractivity contribution in [3.8, 4) is 0 Å². The summed E-state index contributed by atoms with van der Waals surface area (Å²) in [4.78, 5) is 17.4. The first kappa shape index (κ1) is 13.9. The van der Waals surface area contributed by atoms with Crippen molar-refractivity contribution in [1.82, 2.24) is 0 Å². The van der Waals surface area contributed by atoms with Crippen molar-refractivity contribution in [3.63, 3.8) is 0 Å². The summed E-state index contributed by atoms with van der Waals surface area (Å²) in [5, 5.41) is 0. The number of hydrogen-bond donors (Lipinski definition) is 2. The van der Waals surface area contributed by atoms with Crippen LogP contribution in [0.15, 0.2) is 24.3 Å². The molecule has 5 heteroatoms. The van der Waals surface area contributed by atoms with Crippen LogP contribution in [0.3, 0.4) is 0 Å². The van der Waals surface area contributed by atoms with Gasteiger partial charge in [-0.1, -0.05) is 24.3 Å². The Morgan fingerprint density at radius 2 is 1.92 bits per heavy atom. The Morgan fingerprint density at radius 3 is 2.38 bits per heavy atom. The van der Waals surface area contributed by atoms with Gasteiger partial charge in [0.1, 0.15) is 0 Å². The molecule has 0 unspecified atom stereocenters. The summed E-state index contributed by atoms with van der Waals surface area (Å²) in [6.45, 7) is 1.84. The van der Waals surface area contributed by atoms with Crippen LogP contribution >= 0.6 is 7.60 Å². The summed E-state index contributed by atoms with van der Waals surface area (Å²) in [5.41, 5.74) is 1.63. The van der Waals surface area contributed by atoms with Crippen LogP contribution < -0.4 is 0 Å². The molecule has 1 rings (SSSR count). The Bertz CT molecular complexity index is 329. The van der Waals surface area contributed by atoms with Gasteiger partial charge in [0, 0.05) is 0 Å². The second kappa shape index (κ2) is 5.73. The molecular weight excluding hydrogens is 312 g/mol. The minimum Gasteiger partial charge on any atom is -1.00 e. The van der Waals surface area contributed by atoms with Crippen LogP contribution in [-0.2, 0) is 10.7 Å². The maximum absolute atomic E-state index is 10.6. The molecular formula is C8H13BaO3P. The van der Waals surface area contributed by atoms with E-state index in [2.05, 4.69) is 0 Å². The standard InChI is InChI=1S/C8H11O3P.Ba.2H/c1-7-4-2-3-5-8(7)6-12(9,10)11;;;/h2-5H,6H2,1H3,(H2,9,10,11);;;/q;+2;2*-1. The Hall–Kier alpha value is 0.941. The maximum Gasteiger partial charge on any atom is 2.00 e. The van der Waals surface area contributed by atoms with Crippen LogP contribution in [-0.4, -0.2) is 58.7 Å². The maximum atomic E-state index is 10.6. The largest absolute Gasteiger partial charge is 2.00 e. The number of aryl methyl sites for hydroxylation is 1. The van der Waals surface area contributed by atoms with E-state index in [4.69, 9.17) is 9.79 Å². The van der Waals surface area contributed by atoms with Crippen LogP contribution in [0.2, 0.25) is 0 Å². The summed E-state index contributed by atoms with van der Waals surface area (Å²) in [6, 6.07) is 7.19. The zero-order valence-corrected chi connectivity index (χ0v) is 12.8. The summed E-state index contributed by atoms with van der Waals surface area (Å²) in [7, 11) is -3.91. The van der Waals surface area contributed by atoms with Gasteiger partial charge >= 0.3 is 56.5 Å². The van der Waals surface area contributed by atoms with Gasteiger partial charge in [-0.2, -0.15) is 0 Å². The van der Waals surface area contributed by atoms with E-state index in [1.165, 1.54) is 0 Å². The SMILES string of the molecule is Cc1ccccc1CP(=O)(O)O.[Ba+2].[H-].[H-]. The van der Waals surface area contributed by atoms with Crippen LogP contribution in [0.1, 0.15) is 14.0 Å². The Morgan fingerprint density at radius 1 is 1.38 bits per heavy atom. The molecule has 0 aliphatic heterocycles. The van der Waals surface area contributed by atoms with Gasteiger partial charge in [-0.05, 0) is 18.1 Å². The van der Waals surface area contributed by atoms with Crippen molar-refractivity contribution < 1.29 is 17.2 Å². The minimum atomic E-state index is -3.91. The van der Waals surface area contributed by atoms with E-state index in [-0.39, 0.29) is 57.9 Å². The fourth-order valence-corrected chi connectivity index (χ4v) is 1.81. The van der Waals surface area contributed by atoms with Crippen molar-refractivity contribution in [2.45, 2.75) is 13.1 Å². The van der Waals surface area contributed by atoms with Crippen molar-refractivity contribution in [2.24, 2.45) is 0 Å².